The van der Waals surface area contributed by atoms with E-state index in [1.54, 1.807) is 7.11 Å². The Morgan fingerprint density at radius 1 is 0.857 bits per heavy atom. The van der Waals surface area contributed by atoms with E-state index < -0.39 is 0 Å². The van der Waals surface area contributed by atoms with Crippen LogP contribution in [0.25, 0.3) is 33.2 Å². The minimum Gasteiger partial charge on any atom is -0.496 e. The number of hydrogen-bond donors (Lipinski definition) is 1. The van der Waals surface area contributed by atoms with Gasteiger partial charge >= 0.3 is 0 Å². The summed E-state index contributed by atoms with van der Waals surface area (Å²) in [5.41, 5.74) is 3.11. The molecule has 0 aliphatic carbocycles. The molecule has 0 aliphatic heterocycles. The van der Waals surface area contributed by atoms with Crippen LogP contribution in [0, 0.1) is 0 Å². The molecule has 3 aromatic carbocycles. The van der Waals surface area contributed by atoms with Gasteiger partial charge in [-0.15, -0.1) is 0 Å². The van der Waals surface area contributed by atoms with E-state index >= 15 is 0 Å². The number of hydrogen-bond acceptors (Lipinski definition) is 2. The van der Waals surface area contributed by atoms with Crippen LogP contribution in [0.3, 0.4) is 0 Å². The number of methoxy groups -OCH3 is 1. The van der Waals surface area contributed by atoms with E-state index in [4.69, 9.17) is 9.72 Å². The molecule has 4 aromatic rings. The highest BCUT2D eigenvalue weighted by atomic mass is 16.5. The van der Waals surface area contributed by atoms with Crippen molar-refractivity contribution in [3.8, 4) is 17.1 Å². The topological polar surface area (TPSA) is 37.9 Å². The van der Waals surface area contributed by atoms with Crippen molar-refractivity contribution in [1.29, 1.82) is 0 Å². The largest absolute Gasteiger partial charge is 0.496 e. The number of aromatic amines is 1. The van der Waals surface area contributed by atoms with Crippen molar-refractivity contribution in [2.45, 2.75) is 0 Å². The predicted octanol–water partition coefficient (Wildman–Crippen LogP) is 4.39. The summed E-state index contributed by atoms with van der Waals surface area (Å²) in [5.74, 6) is 1.76. The fraction of sp³-hybridized carbons (Fsp3) is 0.0556. The van der Waals surface area contributed by atoms with Gasteiger partial charge in [-0.2, -0.15) is 0 Å². The molecule has 102 valence electrons. The third-order valence-corrected chi connectivity index (χ3v) is 3.75. The van der Waals surface area contributed by atoms with Gasteiger partial charge in [-0.1, -0.05) is 36.4 Å². The minimum absolute atomic E-state index is 0.880. The molecule has 0 amide bonds. The maximum atomic E-state index is 5.45. The summed E-state index contributed by atoms with van der Waals surface area (Å²) in [6, 6.07) is 20.3. The Hall–Kier alpha value is -2.81. The molecule has 0 saturated carbocycles. The first-order valence-corrected chi connectivity index (χ1v) is 6.87. The van der Waals surface area contributed by atoms with E-state index in [-0.39, 0.29) is 0 Å². The van der Waals surface area contributed by atoms with Crippen molar-refractivity contribution < 1.29 is 4.74 Å². The van der Waals surface area contributed by atoms with Crippen molar-refractivity contribution in [3.05, 3.63) is 60.7 Å². The first kappa shape index (κ1) is 12.0. The van der Waals surface area contributed by atoms with Gasteiger partial charge in [-0.3, -0.25) is 0 Å². The third-order valence-electron chi connectivity index (χ3n) is 3.75. The number of fused-ring (bicyclic) bond motifs is 2. The summed E-state index contributed by atoms with van der Waals surface area (Å²) in [4.78, 5) is 8.08. The first-order valence-electron chi connectivity index (χ1n) is 6.87. The maximum Gasteiger partial charge on any atom is 0.139 e. The van der Waals surface area contributed by atoms with E-state index in [0.29, 0.717) is 0 Å². The van der Waals surface area contributed by atoms with E-state index in [0.717, 1.165) is 38.9 Å². The van der Waals surface area contributed by atoms with Gasteiger partial charge in [0.25, 0.3) is 0 Å². The van der Waals surface area contributed by atoms with Crippen LogP contribution in [-0.4, -0.2) is 17.1 Å². The van der Waals surface area contributed by atoms with Crippen LogP contribution >= 0.6 is 0 Å². The molecule has 0 atom stereocenters. The van der Waals surface area contributed by atoms with Gasteiger partial charge in [0.05, 0.1) is 18.1 Å². The van der Waals surface area contributed by atoms with Crippen LogP contribution in [0.1, 0.15) is 0 Å². The van der Waals surface area contributed by atoms with Crippen LogP contribution in [0.5, 0.6) is 5.75 Å². The van der Waals surface area contributed by atoms with Gasteiger partial charge in [0.2, 0.25) is 0 Å². The maximum absolute atomic E-state index is 5.45. The second kappa shape index (κ2) is 4.63. The van der Waals surface area contributed by atoms with E-state index in [2.05, 4.69) is 23.2 Å². The molecule has 1 aromatic heterocycles. The van der Waals surface area contributed by atoms with Crippen molar-refractivity contribution >= 4 is 21.8 Å². The number of benzene rings is 3. The number of aromatic nitrogens is 2. The Morgan fingerprint density at radius 3 is 2.43 bits per heavy atom. The first-order chi connectivity index (χ1) is 10.4. The van der Waals surface area contributed by atoms with Crippen LogP contribution in [0.2, 0.25) is 0 Å². The Kier molecular flexibility index (Phi) is 2.64. The van der Waals surface area contributed by atoms with Crippen molar-refractivity contribution in [2.75, 3.05) is 7.11 Å². The molecule has 0 bridgehead atoms. The third kappa shape index (κ3) is 1.86. The summed E-state index contributed by atoms with van der Waals surface area (Å²) < 4.78 is 5.45. The zero-order valence-corrected chi connectivity index (χ0v) is 11.6. The van der Waals surface area contributed by atoms with E-state index in [9.17, 15) is 0 Å². The predicted molar refractivity (Wildman–Crippen MR) is 85.6 cm³/mol. The van der Waals surface area contributed by atoms with E-state index in [1.165, 1.54) is 0 Å². The Labute approximate surface area is 122 Å². The summed E-state index contributed by atoms with van der Waals surface area (Å²) in [5, 5.41) is 2.23. The molecule has 0 radical (unpaired) electrons. The lowest BCUT2D eigenvalue weighted by Gasteiger charge is -2.08. The number of rotatable bonds is 2. The molecular formula is C18H14N2O. The molecule has 0 unspecified atom stereocenters. The van der Waals surface area contributed by atoms with Gasteiger partial charge in [0.1, 0.15) is 11.6 Å². The van der Waals surface area contributed by atoms with Crippen molar-refractivity contribution in [2.24, 2.45) is 0 Å². The molecule has 4 rings (SSSR count). The lowest BCUT2D eigenvalue weighted by molar-refractivity contribution is 0.420. The van der Waals surface area contributed by atoms with Gasteiger partial charge in [-0.05, 0) is 29.7 Å². The Morgan fingerprint density at radius 2 is 1.62 bits per heavy atom. The lowest BCUT2D eigenvalue weighted by Crippen LogP contribution is -1.88. The monoisotopic (exact) mass is 274 g/mol. The second-order valence-corrected chi connectivity index (χ2v) is 4.96. The molecule has 0 aliphatic rings. The smallest absolute Gasteiger partial charge is 0.139 e. The standard InChI is InChI=1S/C18H14N2O/c1-21-17-11-10-14(12-6-2-3-7-13(12)17)18-19-15-8-4-5-9-16(15)20-18/h2-11H,1H3,(H,19,20). The number of nitrogens with zero attached hydrogens (tertiary/aromatic N) is 1. The number of nitrogens with one attached hydrogen (secondary N) is 1. The summed E-state index contributed by atoms with van der Waals surface area (Å²) in [6.07, 6.45) is 0. The highest BCUT2D eigenvalue weighted by Crippen LogP contribution is 2.33. The molecule has 1 heterocycles. The second-order valence-electron chi connectivity index (χ2n) is 4.96. The Balaban J connectivity index is 2.02. The molecule has 0 saturated heterocycles. The van der Waals surface area contributed by atoms with Crippen LogP contribution in [0.15, 0.2) is 60.7 Å². The highest BCUT2D eigenvalue weighted by molar-refractivity contribution is 5.99. The zero-order chi connectivity index (χ0) is 14.2. The van der Waals surface area contributed by atoms with Crippen LogP contribution in [0.4, 0.5) is 0 Å². The van der Waals surface area contributed by atoms with E-state index in [1.807, 2.05) is 42.5 Å². The number of H-pyrrole nitrogens is 1. The summed E-state index contributed by atoms with van der Waals surface area (Å²) in [7, 11) is 1.70. The van der Waals surface area contributed by atoms with Crippen molar-refractivity contribution in [3.63, 3.8) is 0 Å². The Bertz CT molecular complexity index is 907. The number of ether oxygens (including phenoxy) is 1. The zero-order valence-electron chi connectivity index (χ0n) is 11.6. The molecule has 0 spiro atoms. The number of para-hydroxylation sites is 2. The lowest BCUT2D eigenvalue weighted by atomic mass is 10.0. The SMILES string of the molecule is COc1ccc(-c2nc3ccccc3[nH]2)c2ccccc12. The van der Waals surface area contributed by atoms with Gasteiger partial charge < -0.3 is 9.72 Å². The van der Waals surface area contributed by atoms with Gasteiger partial charge in [0, 0.05) is 10.9 Å². The molecule has 0 fully saturated rings. The van der Waals surface area contributed by atoms with Gasteiger partial charge in [0.15, 0.2) is 0 Å². The summed E-state index contributed by atoms with van der Waals surface area (Å²) in [6.45, 7) is 0. The average molecular weight is 274 g/mol. The summed E-state index contributed by atoms with van der Waals surface area (Å²) >= 11 is 0. The fourth-order valence-corrected chi connectivity index (χ4v) is 2.74. The van der Waals surface area contributed by atoms with Gasteiger partial charge in [-0.25, -0.2) is 4.98 Å². The van der Waals surface area contributed by atoms with Crippen LogP contribution in [-0.2, 0) is 0 Å². The van der Waals surface area contributed by atoms with Crippen LogP contribution < -0.4 is 4.74 Å². The highest BCUT2D eigenvalue weighted by Gasteiger charge is 2.11. The quantitative estimate of drug-likeness (QED) is 0.588. The fourth-order valence-electron chi connectivity index (χ4n) is 2.74. The molecule has 21 heavy (non-hydrogen) atoms. The normalized spacial score (nSPS) is 11.1. The number of imidazole rings is 1. The average Bonchev–Trinajstić information content (AvgIpc) is 2.97. The molecule has 3 heteroatoms. The molecule has 1 N–H and O–H groups in total. The molecular weight excluding hydrogens is 260 g/mol. The molecule has 3 nitrogen and oxygen atoms in total. The minimum atomic E-state index is 0.880. The van der Waals surface area contributed by atoms with Crippen molar-refractivity contribution in [1.82, 2.24) is 9.97 Å².